The highest BCUT2D eigenvalue weighted by Crippen LogP contribution is 2.64. The van der Waals surface area contributed by atoms with Crippen molar-refractivity contribution >= 4 is 0 Å². The van der Waals surface area contributed by atoms with E-state index in [9.17, 15) is 0 Å². The van der Waals surface area contributed by atoms with E-state index in [1.165, 1.54) is 55.6 Å². The maximum absolute atomic E-state index is 5.48. The SMILES string of the molecule is Cc1ccnc(-c2cccc(-c3ccc4c(c3)C3(c5ccccc5-c5ccccc53)c3cccc(-c5cc(-c6ccccc6)nc(-c6cccc(-c7ccccc7)c6)n5)c3-4)c2)c1. The standard InChI is InChI=1S/C59H39N3/c1-38-31-32-60-54(33-38)44-21-12-20-42(34-44)43-29-30-48-53(36-43)59(50-26-10-8-23-46(50)47-24-9-11-27-51(47)59)52-28-14-25-49(57(48)52)56-37-55(40-17-6-3-7-18-40)61-58(62-56)45-22-13-19-41(35-45)39-15-4-2-5-16-39/h2-37H,1H3. The van der Waals surface area contributed by atoms with Gasteiger partial charge in [0.2, 0.25) is 0 Å². The average Bonchev–Trinajstić information content (AvgIpc) is 3.82. The van der Waals surface area contributed by atoms with Gasteiger partial charge in [-0.15, -0.1) is 0 Å². The van der Waals surface area contributed by atoms with E-state index in [0.29, 0.717) is 5.82 Å². The molecule has 0 N–H and O–H groups in total. The lowest BCUT2D eigenvalue weighted by molar-refractivity contribution is 0.794. The number of rotatable bonds is 6. The minimum absolute atomic E-state index is 0.540. The maximum Gasteiger partial charge on any atom is 0.160 e. The summed E-state index contributed by atoms with van der Waals surface area (Å²) in [5.74, 6) is 0.694. The third-order valence-electron chi connectivity index (χ3n) is 12.8. The molecule has 290 valence electrons. The van der Waals surface area contributed by atoms with Crippen LogP contribution in [0.4, 0.5) is 0 Å². The third-order valence-corrected chi connectivity index (χ3v) is 12.8. The minimum atomic E-state index is -0.540. The normalized spacial score (nSPS) is 12.7. The minimum Gasteiger partial charge on any atom is -0.256 e. The second-order valence-corrected chi connectivity index (χ2v) is 16.4. The molecule has 2 aromatic heterocycles. The Bertz CT molecular complexity index is 3320. The Balaban J connectivity index is 1.11. The highest BCUT2D eigenvalue weighted by Gasteiger charge is 2.52. The summed E-state index contributed by atoms with van der Waals surface area (Å²) in [6.07, 6.45) is 1.89. The van der Waals surface area contributed by atoms with Gasteiger partial charge in [0, 0.05) is 28.5 Å². The van der Waals surface area contributed by atoms with Crippen LogP contribution in [-0.4, -0.2) is 15.0 Å². The van der Waals surface area contributed by atoms with E-state index in [4.69, 9.17) is 15.0 Å². The summed E-state index contributed by atoms with van der Waals surface area (Å²) in [6, 6.07) is 76.7. The molecule has 10 aromatic rings. The molecule has 8 aromatic carbocycles. The van der Waals surface area contributed by atoms with Crippen molar-refractivity contribution in [2.75, 3.05) is 0 Å². The summed E-state index contributed by atoms with van der Waals surface area (Å²) in [7, 11) is 0. The summed E-state index contributed by atoms with van der Waals surface area (Å²) in [4.78, 5) is 15.5. The molecular weight excluding hydrogens is 751 g/mol. The summed E-state index contributed by atoms with van der Waals surface area (Å²) < 4.78 is 0. The second kappa shape index (κ2) is 14.3. The van der Waals surface area contributed by atoms with E-state index < -0.39 is 5.41 Å². The average molecular weight is 790 g/mol. The molecule has 2 heterocycles. The molecule has 62 heavy (non-hydrogen) atoms. The second-order valence-electron chi connectivity index (χ2n) is 16.4. The molecule has 0 atom stereocenters. The van der Waals surface area contributed by atoms with Gasteiger partial charge in [-0.05, 0) is 116 Å². The lowest BCUT2D eigenvalue weighted by atomic mass is 9.70. The Morgan fingerprint density at radius 2 is 0.871 bits per heavy atom. The fraction of sp³-hybridized carbons (Fsp3) is 0.0339. The lowest BCUT2D eigenvalue weighted by Gasteiger charge is -2.31. The van der Waals surface area contributed by atoms with Gasteiger partial charge in [0.25, 0.3) is 0 Å². The molecule has 0 radical (unpaired) electrons. The van der Waals surface area contributed by atoms with Crippen molar-refractivity contribution in [1.82, 2.24) is 15.0 Å². The van der Waals surface area contributed by atoms with E-state index >= 15 is 0 Å². The van der Waals surface area contributed by atoms with Crippen molar-refractivity contribution in [3.05, 3.63) is 246 Å². The first kappa shape index (κ1) is 35.9. The Hall–Kier alpha value is -8.01. The van der Waals surface area contributed by atoms with Gasteiger partial charge in [-0.1, -0.05) is 176 Å². The molecule has 2 aliphatic rings. The number of hydrogen-bond acceptors (Lipinski definition) is 3. The van der Waals surface area contributed by atoms with Crippen LogP contribution in [0.15, 0.2) is 219 Å². The van der Waals surface area contributed by atoms with Crippen LogP contribution in [0.2, 0.25) is 0 Å². The molecule has 3 heteroatoms. The first-order valence-electron chi connectivity index (χ1n) is 21.3. The highest BCUT2D eigenvalue weighted by molar-refractivity contribution is 6.00. The molecule has 3 nitrogen and oxygen atoms in total. The molecule has 0 saturated heterocycles. The Morgan fingerprint density at radius 1 is 0.323 bits per heavy atom. The van der Waals surface area contributed by atoms with E-state index in [-0.39, 0.29) is 0 Å². The Kier molecular flexibility index (Phi) is 8.29. The largest absolute Gasteiger partial charge is 0.256 e. The summed E-state index contributed by atoms with van der Waals surface area (Å²) in [5, 5.41) is 0. The van der Waals surface area contributed by atoms with Crippen LogP contribution in [0.25, 0.3) is 89.7 Å². The van der Waals surface area contributed by atoms with Crippen LogP contribution in [0, 0.1) is 6.92 Å². The monoisotopic (exact) mass is 789 g/mol. The van der Waals surface area contributed by atoms with Gasteiger partial charge in [-0.2, -0.15) is 0 Å². The maximum atomic E-state index is 5.48. The van der Waals surface area contributed by atoms with Crippen molar-refractivity contribution in [1.29, 1.82) is 0 Å². The van der Waals surface area contributed by atoms with Crippen molar-refractivity contribution in [3.63, 3.8) is 0 Å². The smallest absolute Gasteiger partial charge is 0.160 e. The molecule has 0 unspecified atom stereocenters. The fourth-order valence-corrected chi connectivity index (χ4v) is 10.1. The molecular formula is C59H39N3. The van der Waals surface area contributed by atoms with Crippen molar-refractivity contribution < 1.29 is 0 Å². The van der Waals surface area contributed by atoms with Crippen LogP contribution in [0.3, 0.4) is 0 Å². The van der Waals surface area contributed by atoms with Crippen molar-refractivity contribution in [2.45, 2.75) is 12.3 Å². The van der Waals surface area contributed by atoms with Gasteiger partial charge in [-0.3, -0.25) is 4.98 Å². The van der Waals surface area contributed by atoms with E-state index in [0.717, 1.165) is 56.0 Å². The van der Waals surface area contributed by atoms with Crippen molar-refractivity contribution in [3.8, 4) is 89.7 Å². The number of nitrogens with zero attached hydrogens (tertiary/aromatic N) is 3. The summed E-state index contributed by atoms with van der Waals surface area (Å²) in [5.41, 5.74) is 22.4. The topological polar surface area (TPSA) is 38.7 Å². The van der Waals surface area contributed by atoms with Gasteiger partial charge in [0.1, 0.15) is 0 Å². The zero-order valence-corrected chi connectivity index (χ0v) is 34.1. The summed E-state index contributed by atoms with van der Waals surface area (Å²) in [6.45, 7) is 2.12. The Morgan fingerprint density at radius 3 is 1.61 bits per heavy atom. The fourth-order valence-electron chi connectivity index (χ4n) is 10.1. The first-order valence-corrected chi connectivity index (χ1v) is 21.3. The number of pyridine rings is 1. The predicted molar refractivity (Wildman–Crippen MR) is 253 cm³/mol. The van der Waals surface area contributed by atoms with Crippen LogP contribution >= 0.6 is 0 Å². The predicted octanol–water partition coefficient (Wildman–Crippen LogP) is 14.5. The van der Waals surface area contributed by atoms with E-state index in [1.54, 1.807) is 0 Å². The van der Waals surface area contributed by atoms with Gasteiger partial charge >= 0.3 is 0 Å². The van der Waals surface area contributed by atoms with Crippen LogP contribution in [0.1, 0.15) is 27.8 Å². The highest BCUT2D eigenvalue weighted by atomic mass is 14.9. The number of aryl methyl sites for hydroxylation is 1. The first-order chi connectivity index (χ1) is 30.6. The molecule has 0 bridgehead atoms. The molecule has 2 aliphatic carbocycles. The molecule has 0 amide bonds. The van der Waals surface area contributed by atoms with Crippen LogP contribution in [0.5, 0.6) is 0 Å². The van der Waals surface area contributed by atoms with Gasteiger partial charge < -0.3 is 0 Å². The third kappa shape index (κ3) is 5.63. The number of aromatic nitrogens is 3. The lowest BCUT2D eigenvalue weighted by Crippen LogP contribution is -2.25. The molecule has 12 rings (SSSR count). The van der Waals surface area contributed by atoms with Crippen LogP contribution < -0.4 is 0 Å². The van der Waals surface area contributed by atoms with Gasteiger partial charge in [0.05, 0.1) is 22.5 Å². The Labute approximate surface area is 361 Å². The number of benzene rings is 8. The molecule has 0 fully saturated rings. The van der Waals surface area contributed by atoms with E-state index in [1.807, 2.05) is 12.3 Å². The van der Waals surface area contributed by atoms with Gasteiger partial charge in [0.15, 0.2) is 5.82 Å². The zero-order chi connectivity index (χ0) is 41.2. The number of hydrogen-bond donors (Lipinski definition) is 0. The van der Waals surface area contributed by atoms with Crippen molar-refractivity contribution in [2.24, 2.45) is 0 Å². The van der Waals surface area contributed by atoms with Crippen LogP contribution in [-0.2, 0) is 5.41 Å². The zero-order valence-electron chi connectivity index (χ0n) is 34.1. The van der Waals surface area contributed by atoms with E-state index in [2.05, 4.69) is 213 Å². The molecule has 1 spiro atoms. The molecule has 0 aliphatic heterocycles. The van der Waals surface area contributed by atoms with Gasteiger partial charge in [-0.25, -0.2) is 9.97 Å². The molecule has 0 saturated carbocycles. The summed E-state index contributed by atoms with van der Waals surface area (Å²) >= 11 is 0. The number of fused-ring (bicyclic) bond motifs is 10. The quantitative estimate of drug-likeness (QED) is 0.168.